The second kappa shape index (κ2) is 14.9. The first-order valence-corrected chi connectivity index (χ1v) is 20.2. The molecular formula is C41H38N8O4S2. The third-order valence-electron chi connectivity index (χ3n) is 10.4. The molecule has 7 heterocycles. The highest BCUT2D eigenvalue weighted by Gasteiger charge is 2.36. The Kier molecular flexibility index (Phi) is 9.54. The predicted octanol–water partition coefficient (Wildman–Crippen LogP) is 7.54. The molecule has 2 aliphatic rings. The van der Waals surface area contributed by atoms with Crippen molar-refractivity contribution in [3.05, 3.63) is 110 Å². The molecule has 1 amide bonds. The molecule has 1 aromatic carbocycles. The van der Waals surface area contributed by atoms with E-state index in [0.717, 1.165) is 28.6 Å². The van der Waals surface area contributed by atoms with Gasteiger partial charge in [0.2, 0.25) is 5.88 Å². The summed E-state index contributed by atoms with van der Waals surface area (Å²) in [5.74, 6) is 1.50. The summed E-state index contributed by atoms with van der Waals surface area (Å²) in [6.45, 7) is 3.65. The van der Waals surface area contributed by atoms with Gasteiger partial charge in [-0.1, -0.05) is 43.5 Å². The van der Waals surface area contributed by atoms with Crippen molar-refractivity contribution in [1.29, 1.82) is 0 Å². The third kappa shape index (κ3) is 6.97. The van der Waals surface area contributed by atoms with E-state index in [1.807, 2.05) is 43.3 Å². The molecule has 1 aliphatic carbocycles. The van der Waals surface area contributed by atoms with Gasteiger partial charge in [0.25, 0.3) is 11.5 Å². The molecule has 7 aromatic rings. The average molecular weight is 771 g/mol. The number of H-pyrrole nitrogens is 1. The van der Waals surface area contributed by atoms with Crippen molar-refractivity contribution >= 4 is 49.0 Å². The number of nitrogens with zero attached hydrogens (tertiary/aromatic N) is 7. The number of rotatable bonds is 8. The molecule has 1 saturated heterocycles. The van der Waals surface area contributed by atoms with Crippen LogP contribution in [0.3, 0.4) is 0 Å². The summed E-state index contributed by atoms with van der Waals surface area (Å²) in [6.07, 6.45) is 8.47. The van der Waals surface area contributed by atoms with Gasteiger partial charge in [-0.15, -0.1) is 22.7 Å². The Balaban J connectivity index is 1.13. The third-order valence-corrected chi connectivity index (χ3v) is 12.5. The quantitative estimate of drug-likeness (QED) is 0.159. The van der Waals surface area contributed by atoms with E-state index in [4.69, 9.17) is 19.7 Å². The lowest BCUT2D eigenvalue weighted by atomic mass is 9.85. The van der Waals surface area contributed by atoms with E-state index in [1.165, 1.54) is 36.2 Å². The SMILES string of the molecule is Cc1sc2c(=O)[nH]c(-c3ccccn3)nc2c1C(=O)N1CCN(Cc2cccc(O)c2)CC1Oc1nc(-c2ccccn2)nc2c(C3CCCCC3)csc12. The van der Waals surface area contributed by atoms with Crippen LogP contribution in [0.15, 0.2) is 83.2 Å². The lowest BCUT2D eigenvalue weighted by Gasteiger charge is -2.41. The number of aromatic nitrogens is 6. The number of ether oxygens (including phenoxy) is 1. The Morgan fingerprint density at radius 3 is 2.49 bits per heavy atom. The number of carbonyl (C=O) groups is 1. The Morgan fingerprint density at radius 1 is 0.927 bits per heavy atom. The summed E-state index contributed by atoms with van der Waals surface area (Å²) in [5, 5.41) is 12.4. The number of benzene rings is 1. The molecule has 0 radical (unpaired) electrons. The minimum atomic E-state index is -0.764. The van der Waals surface area contributed by atoms with Gasteiger partial charge in [-0.05, 0) is 78.6 Å². The van der Waals surface area contributed by atoms with Crippen LogP contribution in [0.2, 0.25) is 0 Å². The molecule has 9 rings (SSSR count). The number of aryl methyl sites for hydroxylation is 1. The summed E-state index contributed by atoms with van der Waals surface area (Å²) in [7, 11) is 0. The molecule has 6 aromatic heterocycles. The number of aromatic hydroxyl groups is 1. The number of thiophene rings is 2. The van der Waals surface area contributed by atoms with Crippen molar-refractivity contribution in [2.24, 2.45) is 0 Å². The van der Waals surface area contributed by atoms with Crippen molar-refractivity contribution in [3.63, 3.8) is 0 Å². The zero-order chi connectivity index (χ0) is 37.5. The number of phenolic OH excluding ortho intramolecular Hbond substituents is 1. The molecule has 55 heavy (non-hydrogen) atoms. The number of hydrogen-bond acceptors (Lipinski definition) is 12. The normalized spacial score (nSPS) is 16.9. The minimum Gasteiger partial charge on any atom is -0.508 e. The topological polar surface area (TPSA) is 150 Å². The van der Waals surface area contributed by atoms with Crippen molar-refractivity contribution in [3.8, 4) is 34.7 Å². The summed E-state index contributed by atoms with van der Waals surface area (Å²) in [6, 6.07) is 18.3. The molecule has 1 atom stereocenters. The van der Waals surface area contributed by atoms with Gasteiger partial charge in [-0.3, -0.25) is 24.5 Å². The number of nitrogens with one attached hydrogen (secondary N) is 1. The van der Waals surface area contributed by atoms with Gasteiger partial charge in [-0.2, -0.15) is 4.98 Å². The maximum atomic E-state index is 14.9. The van der Waals surface area contributed by atoms with Gasteiger partial charge in [0, 0.05) is 36.9 Å². The van der Waals surface area contributed by atoms with Crippen LogP contribution in [0, 0.1) is 6.92 Å². The van der Waals surface area contributed by atoms with Gasteiger partial charge in [0.1, 0.15) is 32.1 Å². The standard InChI is InChI=1S/C41H38N8O4S2/c1-24-32(34-35(55-24)39(51)46-37(45-34)29-14-5-7-16-42-29)41(52)49-19-18-48(21-25-10-9-13-27(50)20-25)22-31(49)53-40-36-33(28(23-54-36)26-11-3-2-4-12-26)44-38(47-40)30-15-6-8-17-43-30/h5-10,13-17,20,23,26,31,50H,2-4,11-12,18-19,21-22H2,1H3,(H,45,46,51). The van der Waals surface area contributed by atoms with Crippen molar-refractivity contribution in [2.75, 3.05) is 19.6 Å². The minimum absolute atomic E-state index is 0.198. The number of carbonyl (C=O) groups excluding carboxylic acids is 1. The first kappa shape index (κ1) is 35.2. The fourth-order valence-corrected chi connectivity index (χ4v) is 9.74. The van der Waals surface area contributed by atoms with Gasteiger partial charge >= 0.3 is 0 Å². The van der Waals surface area contributed by atoms with Gasteiger partial charge < -0.3 is 19.7 Å². The molecule has 278 valence electrons. The lowest BCUT2D eigenvalue weighted by Crippen LogP contribution is -2.57. The smallest absolute Gasteiger partial charge is 0.269 e. The number of hydrogen-bond donors (Lipinski definition) is 2. The van der Waals surface area contributed by atoms with Crippen LogP contribution < -0.4 is 10.3 Å². The molecule has 1 saturated carbocycles. The predicted molar refractivity (Wildman–Crippen MR) is 214 cm³/mol. The number of fused-ring (bicyclic) bond motifs is 2. The molecule has 0 spiro atoms. The van der Waals surface area contributed by atoms with E-state index in [2.05, 4.69) is 25.2 Å². The lowest BCUT2D eigenvalue weighted by molar-refractivity contribution is -0.0287. The highest BCUT2D eigenvalue weighted by Crippen LogP contribution is 2.42. The fourth-order valence-electron chi connectivity index (χ4n) is 7.74. The fraction of sp³-hybridized carbons (Fsp3) is 0.293. The summed E-state index contributed by atoms with van der Waals surface area (Å²) in [4.78, 5) is 59.6. The molecule has 14 heteroatoms. The maximum absolute atomic E-state index is 14.9. The Bertz CT molecular complexity index is 2570. The van der Waals surface area contributed by atoms with Crippen molar-refractivity contribution in [2.45, 2.75) is 57.7 Å². The van der Waals surface area contributed by atoms with Gasteiger partial charge in [-0.25, -0.2) is 9.97 Å². The van der Waals surface area contributed by atoms with E-state index in [-0.39, 0.29) is 17.2 Å². The van der Waals surface area contributed by atoms with Crippen LogP contribution in [-0.4, -0.2) is 76.6 Å². The van der Waals surface area contributed by atoms with Gasteiger partial charge in [0.15, 0.2) is 17.9 Å². The second-order valence-electron chi connectivity index (χ2n) is 14.1. The van der Waals surface area contributed by atoms with Crippen molar-refractivity contribution in [1.82, 2.24) is 39.7 Å². The molecule has 0 bridgehead atoms. The van der Waals surface area contributed by atoms with Crippen LogP contribution >= 0.6 is 22.7 Å². The monoisotopic (exact) mass is 770 g/mol. The number of aromatic amines is 1. The van der Waals surface area contributed by atoms with Crippen LogP contribution in [-0.2, 0) is 6.54 Å². The van der Waals surface area contributed by atoms with Crippen molar-refractivity contribution < 1.29 is 14.6 Å². The maximum Gasteiger partial charge on any atom is 0.269 e. The van der Waals surface area contributed by atoms with E-state index in [0.29, 0.717) is 81.7 Å². The van der Waals surface area contributed by atoms with Crippen LogP contribution in [0.4, 0.5) is 0 Å². The molecular weight excluding hydrogens is 733 g/mol. The van der Waals surface area contributed by atoms with E-state index in [9.17, 15) is 14.7 Å². The second-order valence-corrected chi connectivity index (χ2v) is 16.2. The Hall–Kier alpha value is -5.57. The van der Waals surface area contributed by atoms with E-state index >= 15 is 0 Å². The van der Waals surface area contributed by atoms with Crippen LogP contribution in [0.25, 0.3) is 43.5 Å². The number of piperazine rings is 1. The summed E-state index contributed by atoms with van der Waals surface area (Å²) in [5.41, 5.74) is 4.57. The average Bonchev–Trinajstić information content (AvgIpc) is 3.80. The highest BCUT2D eigenvalue weighted by molar-refractivity contribution is 7.19. The summed E-state index contributed by atoms with van der Waals surface area (Å²) < 4.78 is 8.19. The first-order chi connectivity index (χ1) is 26.9. The van der Waals surface area contributed by atoms with Crippen LogP contribution in [0.5, 0.6) is 11.6 Å². The van der Waals surface area contributed by atoms with E-state index < -0.39 is 6.23 Å². The highest BCUT2D eigenvalue weighted by atomic mass is 32.1. The first-order valence-electron chi connectivity index (χ1n) is 18.5. The van der Waals surface area contributed by atoms with Crippen LogP contribution in [0.1, 0.15) is 64.4 Å². The van der Waals surface area contributed by atoms with E-state index in [1.54, 1.807) is 52.9 Å². The zero-order valence-electron chi connectivity index (χ0n) is 30.1. The molecule has 2 N–H and O–H groups in total. The number of pyridine rings is 2. The number of amides is 1. The zero-order valence-corrected chi connectivity index (χ0v) is 31.8. The van der Waals surface area contributed by atoms with Gasteiger partial charge in [0.05, 0.1) is 17.6 Å². The molecule has 1 aliphatic heterocycles. The molecule has 2 fully saturated rings. The molecule has 12 nitrogen and oxygen atoms in total. The Morgan fingerprint density at radius 2 is 1.73 bits per heavy atom. The Labute approximate surface area is 324 Å². The number of phenols is 1. The summed E-state index contributed by atoms with van der Waals surface area (Å²) >= 11 is 2.83. The molecule has 1 unspecified atom stereocenters. The largest absolute Gasteiger partial charge is 0.508 e.